The van der Waals surface area contributed by atoms with Crippen molar-refractivity contribution >= 4 is 0 Å². The van der Waals surface area contributed by atoms with E-state index in [0.717, 1.165) is 29.1 Å². The molecule has 0 aliphatic heterocycles. The maximum atomic E-state index is 4.60. The van der Waals surface area contributed by atoms with Crippen LogP contribution in [0.4, 0.5) is 0 Å². The maximum Gasteiger partial charge on any atom is 0.270 e. The summed E-state index contributed by atoms with van der Waals surface area (Å²) in [4.78, 5) is 4.43. The highest BCUT2D eigenvalue weighted by Crippen LogP contribution is 2.13. The fraction of sp³-hybridized carbons (Fsp3) is 0.250. The van der Waals surface area contributed by atoms with Crippen molar-refractivity contribution in [2.75, 3.05) is 0 Å². The Kier molecular flexibility index (Phi) is 3.48. The number of hydrogen-bond acceptors (Lipinski definition) is 4. The summed E-state index contributed by atoms with van der Waals surface area (Å²) in [6, 6.07) is 10.3. The smallest absolute Gasteiger partial charge is 0.213 e. The fourth-order valence-corrected chi connectivity index (χ4v) is 2.10. The van der Waals surface area contributed by atoms with Crippen LogP contribution < -0.4 is 0 Å². The molecule has 0 saturated carbocycles. The van der Waals surface area contributed by atoms with Crippen molar-refractivity contribution in [3.8, 4) is 5.95 Å². The minimum Gasteiger partial charge on any atom is -0.213 e. The van der Waals surface area contributed by atoms with E-state index in [-0.39, 0.29) is 0 Å². The predicted octanol–water partition coefficient (Wildman–Crippen LogP) is 2.57. The van der Waals surface area contributed by atoms with Crippen molar-refractivity contribution in [2.24, 2.45) is 0 Å². The van der Waals surface area contributed by atoms with Gasteiger partial charge in [0, 0.05) is 12.6 Å². The van der Waals surface area contributed by atoms with Gasteiger partial charge in [0.1, 0.15) is 0 Å². The average molecular weight is 279 g/mol. The zero-order chi connectivity index (χ0) is 14.8. The van der Waals surface area contributed by atoms with Crippen LogP contribution in [0.3, 0.4) is 0 Å². The van der Waals surface area contributed by atoms with Gasteiger partial charge in [-0.15, -0.1) is 5.10 Å². The molecule has 3 aromatic rings. The molecule has 1 aromatic carbocycles. The molecular weight excluding hydrogens is 262 g/mol. The Morgan fingerprint density at radius 1 is 0.952 bits per heavy atom. The van der Waals surface area contributed by atoms with E-state index in [2.05, 4.69) is 39.3 Å². The van der Waals surface area contributed by atoms with E-state index in [1.807, 2.05) is 38.2 Å². The first-order chi connectivity index (χ1) is 10.1. The molecule has 0 bridgehead atoms. The monoisotopic (exact) mass is 279 g/mol. The predicted molar refractivity (Wildman–Crippen MR) is 80.4 cm³/mol. The molecule has 2 aromatic heterocycles. The van der Waals surface area contributed by atoms with Gasteiger partial charge in [0.25, 0.3) is 5.95 Å². The average Bonchev–Trinajstić information content (AvgIpc) is 2.84. The van der Waals surface area contributed by atoms with Crippen LogP contribution in [0, 0.1) is 20.8 Å². The van der Waals surface area contributed by atoms with Gasteiger partial charge < -0.3 is 0 Å². The van der Waals surface area contributed by atoms with Crippen LogP contribution in [0.15, 0.2) is 36.5 Å². The normalized spacial score (nSPS) is 10.8. The van der Waals surface area contributed by atoms with Gasteiger partial charge in [-0.2, -0.15) is 10.2 Å². The zero-order valence-electron chi connectivity index (χ0n) is 12.4. The molecule has 2 heterocycles. The SMILES string of the molecule is Cc1cn(-c2nnc(C)c(C)n2)nc1Cc1ccccc1. The third-order valence-corrected chi connectivity index (χ3v) is 3.50. The molecular formula is C16H17N5. The molecule has 5 heteroatoms. The first-order valence-electron chi connectivity index (χ1n) is 6.91. The van der Waals surface area contributed by atoms with Gasteiger partial charge in [-0.05, 0) is 31.9 Å². The summed E-state index contributed by atoms with van der Waals surface area (Å²) in [6.07, 6.45) is 2.75. The second kappa shape index (κ2) is 5.44. The van der Waals surface area contributed by atoms with Crippen molar-refractivity contribution in [2.45, 2.75) is 27.2 Å². The summed E-state index contributed by atoms with van der Waals surface area (Å²) in [5, 5.41) is 12.8. The van der Waals surface area contributed by atoms with E-state index < -0.39 is 0 Å². The third kappa shape index (κ3) is 2.81. The summed E-state index contributed by atoms with van der Waals surface area (Å²) in [5.74, 6) is 0.514. The number of hydrogen-bond donors (Lipinski definition) is 0. The van der Waals surface area contributed by atoms with Gasteiger partial charge in [0.05, 0.1) is 17.1 Å². The molecule has 21 heavy (non-hydrogen) atoms. The molecule has 0 aliphatic carbocycles. The summed E-state index contributed by atoms with van der Waals surface area (Å²) in [7, 11) is 0. The van der Waals surface area contributed by atoms with E-state index in [0.29, 0.717) is 5.95 Å². The molecule has 0 fully saturated rings. The van der Waals surface area contributed by atoms with Crippen LogP contribution in [0.1, 0.15) is 28.2 Å². The molecule has 0 radical (unpaired) electrons. The molecule has 0 N–H and O–H groups in total. The van der Waals surface area contributed by atoms with Crippen LogP contribution in [0.25, 0.3) is 5.95 Å². The Morgan fingerprint density at radius 3 is 2.43 bits per heavy atom. The third-order valence-electron chi connectivity index (χ3n) is 3.50. The van der Waals surface area contributed by atoms with E-state index >= 15 is 0 Å². The Bertz CT molecular complexity index is 762. The summed E-state index contributed by atoms with van der Waals surface area (Å²) in [5.41, 5.74) is 5.11. The lowest BCUT2D eigenvalue weighted by Gasteiger charge is -2.01. The van der Waals surface area contributed by atoms with Gasteiger partial charge in [-0.25, -0.2) is 9.67 Å². The Balaban J connectivity index is 1.92. The second-order valence-corrected chi connectivity index (χ2v) is 5.15. The molecule has 106 valence electrons. The standard InChI is InChI=1S/C16H17N5/c1-11-10-21(16-17-12(2)13(3)18-19-16)20-15(11)9-14-7-5-4-6-8-14/h4-8,10H,9H2,1-3H3. The van der Waals surface area contributed by atoms with Crippen LogP contribution >= 0.6 is 0 Å². The molecule has 0 unspecified atom stereocenters. The molecule has 5 nitrogen and oxygen atoms in total. The van der Waals surface area contributed by atoms with Crippen LogP contribution in [0.2, 0.25) is 0 Å². The molecule has 3 rings (SSSR count). The molecule has 0 amide bonds. The zero-order valence-corrected chi connectivity index (χ0v) is 12.4. The maximum absolute atomic E-state index is 4.60. The molecule has 0 atom stereocenters. The van der Waals surface area contributed by atoms with E-state index in [1.54, 1.807) is 4.68 Å². The molecule has 0 saturated heterocycles. The Labute approximate surface area is 123 Å². The fourth-order valence-electron chi connectivity index (χ4n) is 2.10. The lowest BCUT2D eigenvalue weighted by molar-refractivity contribution is 0.741. The number of benzene rings is 1. The summed E-state index contributed by atoms with van der Waals surface area (Å²) < 4.78 is 1.70. The van der Waals surface area contributed by atoms with Crippen molar-refractivity contribution in [1.29, 1.82) is 0 Å². The van der Waals surface area contributed by atoms with Gasteiger partial charge in [-0.3, -0.25) is 0 Å². The second-order valence-electron chi connectivity index (χ2n) is 5.15. The van der Waals surface area contributed by atoms with E-state index in [1.165, 1.54) is 5.56 Å². The highest BCUT2D eigenvalue weighted by molar-refractivity contribution is 5.27. The van der Waals surface area contributed by atoms with Gasteiger partial charge >= 0.3 is 0 Å². The van der Waals surface area contributed by atoms with Gasteiger partial charge in [0.15, 0.2) is 0 Å². The highest BCUT2D eigenvalue weighted by Gasteiger charge is 2.10. The van der Waals surface area contributed by atoms with Crippen molar-refractivity contribution in [3.63, 3.8) is 0 Å². The Morgan fingerprint density at radius 2 is 1.71 bits per heavy atom. The van der Waals surface area contributed by atoms with Crippen LogP contribution in [-0.2, 0) is 6.42 Å². The van der Waals surface area contributed by atoms with E-state index in [9.17, 15) is 0 Å². The lowest BCUT2D eigenvalue weighted by atomic mass is 10.1. The van der Waals surface area contributed by atoms with Gasteiger partial charge in [-0.1, -0.05) is 30.3 Å². The largest absolute Gasteiger partial charge is 0.270 e. The summed E-state index contributed by atoms with van der Waals surface area (Å²) >= 11 is 0. The van der Waals surface area contributed by atoms with Crippen LogP contribution in [-0.4, -0.2) is 25.0 Å². The topological polar surface area (TPSA) is 56.5 Å². The number of rotatable bonds is 3. The molecule has 0 aliphatic rings. The van der Waals surface area contributed by atoms with Crippen molar-refractivity contribution in [1.82, 2.24) is 25.0 Å². The number of aromatic nitrogens is 5. The first kappa shape index (κ1) is 13.4. The Hall–Kier alpha value is -2.56. The van der Waals surface area contributed by atoms with Crippen molar-refractivity contribution < 1.29 is 0 Å². The minimum absolute atomic E-state index is 0.514. The van der Waals surface area contributed by atoms with Gasteiger partial charge in [0.2, 0.25) is 0 Å². The summed E-state index contributed by atoms with van der Waals surface area (Å²) in [6.45, 7) is 5.87. The van der Waals surface area contributed by atoms with Crippen LogP contribution in [0.5, 0.6) is 0 Å². The lowest BCUT2D eigenvalue weighted by Crippen LogP contribution is -2.07. The van der Waals surface area contributed by atoms with E-state index in [4.69, 9.17) is 0 Å². The quantitative estimate of drug-likeness (QED) is 0.739. The number of aryl methyl sites for hydroxylation is 3. The minimum atomic E-state index is 0.514. The first-order valence-corrected chi connectivity index (χ1v) is 6.91. The number of nitrogens with zero attached hydrogens (tertiary/aromatic N) is 5. The van der Waals surface area contributed by atoms with Crippen molar-refractivity contribution in [3.05, 3.63) is 64.7 Å². The molecule has 0 spiro atoms. The highest BCUT2D eigenvalue weighted by atomic mass is 15.4.